The molecule has 1 aromatic carbocycles. The molecule has 1 aliphatic heterocycles. The molecule has 1 aliphatic rings. The second-order valence-electron chi connectivity index (χ2n) is 6.37. The number of hydrogen-bond donors (Lipinski definition) is 2. The molecule has 3 heterocycles. The summed E-state index contributed by atoms with van der Waals surface area (Å²) in [5.41, 5.74) is 0.864. The number of aromatic amines is 1. The second kappa shape index (κ2) is 8.34. The first-order valence-electron chi connectivity index (χ1n) is 8.85. The number of fused-ring (bicyclic) bond motifs is 1. The topological polar surface area (TPSA) is 102 Å². The van der Waals surface area contributed by atoms with E-state index in [1.807, 2.05) is 0 Å². The van der Waals surface area contributed by atoms with Crippen LogP contribution in [0.15, 0.2) is 40.4 Å². The van der Waals surface area contributed by atoms with Crippen LogP contribution in [-0.4, -0.2) is 50.7 Å². The molecule has 0 saturated carbocycles. The first-order chi connectivity index (χ1) is 13.6. The zero-order valence-corrected chi connectivity index (χ0v) is 16.4. The molecule has 2 aromatic heterocycles. The van der Waals surface area contributed by atoms with Crippen molar-refractivity contribution in [1.82, 2.24) is 25.1 Å². The standard InChI is InChI=1S/C18H18ClN5O3S/c19-11-3-5-12(6-4-11)24-16-14(9-21-24)17(26)23-18(22-16)28-10-15(25)20-8-13-2-1-7-27-13/h3-6,9,13H,1-2,7-8,10H2,(H,20,25)(H,22,23,26). The Hall–Kier alpha value is -2.36. The lowest BCUT2D eigenvalue weighted by Gasteiger charge is -2.10. The number of carbonyl (C=O) groups excluding carboxylic acids is 1. The fourth-order valence-electron chi connectivity index (χ4n) is 2.96. The van der Waals surface area contributed by atoms with Crippen molar-refractivity contribution < 1.29 is 9.53 Å². The van der Waals surface area contributed by atoms with Crippen LogP contribution in [0.25, 0.3) is 16.7 Å². The highest BCUT2D eigenvalue weighted by Gasteiger charge is 2.17. The molecule has 0 bridgehead atoms. The van der Waals surface area contributed by atoms with E-state index in [0.29, 0.717) is 27.8 Å². The van der Waals surface area contributed by atoms with Crippen LogP contribution < -0.4 is 10.9 Å². The Kier molecular flexibility index (Phi) is 5.65. The number of aromatic nitrogens is 4. The minimum absolute atomic E-state index is 0.0944. The van der Waals surface area contributed by atoms with E-state index in [-0.39, 0.29) is 23.3 Å². The number of rotatable bonds is 6. The lowest BCUT2D eigenvalue weighted by Crippen LogP contribution is -2.33. The third-order valence-corrected chi connectivity index (χ3v) is 5.50. The Balaban J connectivity index is 1.48. The molecular weight excluding hydrogens is 402 g/mol. The maximum Gasteiger partial charge on any atom is 0.262 e. The Morgan fingerprint density at radius 1 is 1.39 bits per heavy atom. The zero-order chi connectivity index (χ0) is 19.5. The number of amides is 1. The summed E-state index contributed by atoms with van der Waals surface area (Å²) in [5, 5.41) is 8.45. The normalized spacial score (nSPS) is 16.5. The largest absolute Gasteiger partial charge is 0.376 e. The van der Waals surface area contributed by atoms with Gasteiger partial charge in [-0.15, -0.1) is 0 Å². The second-order valence-corrected chi connectivity index (χ2v) is 7.77. The molecular formula is C18H18ClN5O3S. The highest BCUT2D eigenvalue weighted by molar-refractivity contribution is 7.99. The maximum absolute atomic E-state index is 12.3. The number of halogens is 1. The molecule has 0 radical (unpaired) electrons. The van der Waals surface area contributed by atoms with Gasteiger partial charge in [-0.3, -0.25) is 9.59 Å². The van der Waals surface area contributed by atoms with Crippen molar-refractivity contribution in [1.29, 1.82) is 0 Å². The molecule has 0 spiro atoms. The summed E-state index contributed by atoms with van der Waals surface area (Å²) in [7, 11) is 0. The van der Waals surface area contributed by atoms with Crippen molar-refractivity contribution in [3.63, 3.8) is 0 Å². The molecule has 1 saturated heterocycles. The Morgan fingerprint density at radius 3 is 2.96 bits per heavy atom. The zero-order valence-electron chi connectivity index (χ0n) is 14.9. The molecule has 3 aromatic rings. The minimum Gasteiger partial charge on any atom is -0.376 e. The summed E-state index contributed by atoms with van der Waals surface area (Å²) in [6.07, 6.45) is 3.56. The van der Waals surface area contributed by atoms with Crippen LogP contribution in [0.4, 0.5) is 0 Å². The lowest BCUT2D eigenvalue weighted by atomic mass is 10.2. The summed E-state index contributed by atoms with van der Waals surface area (Å²) >= 11 is 7.10. The number of ether oxygens (including phenoxy) is 1. The molecule has 2 N–H and O–H groups in total. The highest BCUT2D eigenvalue weighted by Crippen LogP contribution is 2.19. The smallest absolute Gasteiger partial charge is 0.262 e. The molecule has 0 aliphatic carbocycles. The number of benzene rings is 1. The summed E-state index contributed by atoms with van der Waals surface area (Å²) in [6.45, 7) is 1.26. The van der Waals surface area contributed by atoms with E-state index in [2.05, 4.69) is 20.4 Å². The molecule has 146 valence electrons. The number of nitrogens with one attached hydrogen (secondary N) is 2. The molecule has 1 fully saturated rings. The van der Waals surface area contributed by atoms with Gasteiger partial charge in [0.2, 0.25) is 5.91 Å². The van der Waals surface area contributed by atoms with Crippen molar-refractivity contribution in [2.75, 3.05) is 18.9 Å². The van der Waals surface area contributed by atoms with Crippen LogP contribution in [0, 0.1) is 0 Å². The van der Waals surface area contributed by atoms with Crippen molar-refractivity contribution in [3.8, 4) is 5.69 Å². The third kappa shape index (κ3) is 4.21. The summed E-state index contributed by atoms with van der Waals surface area (Å²) in [5.74, 6) is 0.0189. The summed E-state index contributed by atoms with van der Waals surface area (Å²) in [4.78, 5) is 31.6. The minimum atomic E-state index is -0.299. The van der Waals surface area contributed by atoms with Crippen LogP contribution in [0.1, 0.15) is 12.8 Å². The number of H-pyrrole nitrogens is 1. The molecule has 4 rings (SSSR count). The third-order valence-electron chi connectivity index (χ3n) is 4.38. The first kappa shape index (κ1) is 19.0. The molecule has 10 heteroatoms. The van der Waals surface area contributed by atoms with E-state index in [4.69, 9.17) is 16.3 Å². The van der Waals surface area contributed by atoms with Crippen molar-refractivity contribution in [2.24, 2.45) is 0 Å². The van der Waals surface area contributed by atoms with Gasteiger partial charge in [-0.2, -0.15) is 5.10 Å². The quantitative estimate of drug-likeness (QED) is 0.469. The van der Waals surface area contributed by atoms with E-state index >= 15 is 0 Å². The van der Waals surface area contributed by atoms with Gasteiger partial charge in [0, 0.05) is 18.2 Å². The van der Waals surface area contributed by atoms with Crippen LogP contribution in [0.5, 0.6) is 0 Å². The van der Waals surface area contributed by atoms with Gasteiger partial charge in [-0.05, 0) is 37.1 Å². The van der Waals surface area contributed by atoms with Crippen LogP contribution in [0.3, 0.4) is 0 Å². The predicted octanol–water partition coefficient (Wildman–Crippen LogP) is 2.15. The van der Waals surface area contributed by atoms with Gasteiger partial charge in [0.05, 0.1) is 23.7 Å². The average Bonchev–Trinajstić information content (AvgIpc) is 3.35. The fraction of sp³-hybridized carbons (Fsp3) is 0.333. The van der Waals surface area contributed by atoms with E-state index in [9.17, 15) is 9.59 Å². The summed E-state index contributed by atoms with van der Waals surface area (Å²) in [6, 6.07) is 7.07. The molecule has 8 nitrogen and oxygen atoms in total. The SMILES string of the molecule is O=C(CSc1nc2c(cnn2-c2ccc(Cl)cc2)c(=O)[nH]1)NCC1CCCO1. The average molecular weight is 420 g/mol. The molecule has 28 heavy (non-hydrogen) atoms. The van der Waals surface area contributed by atoms with Gasteiger partial charge >= 0.3 is 0 Å². The number of hydrogen-bond acceptors (Lipinski definition) is 6. The van der Waals surface area contributed by atoms with Gasteiger partial charge in [-0.1, -0.05) is 23.4 Å². The predicted molar refractivity (Wildman–Crippen MR) is 107 cm³/mol. The Morgan fingerprint density at radius 2 is 2.21 bits per heavy atom. The Labute approximate surface area is 169 Å². The van der Waals surface area contributed by atoms with Crippen LogP contribution in [0.2, 0.25) is 5.02 Å². The van der Waals surface area contributed by atoms with Crippen LogP contribution >= 0.6 is 23.4 Å². The maximum atomic E-state index is 12.3. The van der Waals surface area contributed by atoms with Gasteiger partial charge in [-0.25, -0.2) is 9.67 Å². The van der Waals surface area contributed by atoms with Crippen LogP contribution in [-0.2, 0) is 9.53 Å². The van der Waals surface area contributed by atoms with E-state index in [1.54, 1.807) is 28.9 Å². The van der Waals surface area contributed by atoms with E-state index in [0.717, 1.165) is 25.1 Å². The Bertz CT molecular complexity index is 1040. The molecule has 1 atom stereocenters. The fourth-order valence-corrected chi connectivity index (χ4v) is 3.77. The van der Waals surface area contributed by atoms with Gasteiger partial charge in [0.1, 0.15) is 5.39 Å². The summed E-state index contributed by atoms with van der Waals surface area (Å²) < 4.78 is 7.06. The number of nitrogens with zero attached hydrogens (tertiary/aromatic N) is 3. The van der Waals surface area contributed by atoms with Crippen molar-refractivity contribution >= 4 is 40.3 Å². The number of thioether (sulfide) groups is 1. The molecule has 1 unspecified atom stereocenters. The van der Waals surface area contributed by atoms with Crippen molar-refractivity contribution in [2.45, 2.75) is 24.1 Å². The highest BCUT2D eigenvalue weighted by atomic mass is 35.5. The number of carbonyl (C=O) groups is 1. The first-order valence-corrected chi connectivity index (χ1v) is 10.2. The van der Waals surface area contributed by atoms with Gasteiger partial charge in [0.25, 0.3) is 5.56 Å². The van der Waals surface area contributed by atoms with Gasteiger partial charge < -0.3 is 15.0 Å². The van der Waals surface area contributed by atoms with Gasteiger partial charge in [0.15, 0.2) is 10.8 Å². The monoisotopic (exact) mass is 419 g/mol. The lowest BCUT2D eigenvalue weighted by molar-refractivity contribution is -0.119. The van der Waals surface area contributed by atoms with Crippen molar-refractivity contribution in [3.05, 3.63) is 45.8 Å². The molecule has 1 amide bonds. The van der Waals surface area contributed by atoms with E-state index in [1.165, 1.54) is 18.0 Å². The van der Waals surface area contributed by atoms with E-state index < -0.39 is 0 Å².